The van der Waals surface area contributed by atoms with E-state index >= 15 is 0 Å². The summed E-state index contributed by atoms with van der Waals surface area (Å²) in [4.78, 5) is 4.19. The van der Waals surface area contributed by atoms with E-state index in [2.05, 4.69) is 11.1 Å². The van der Waals surface area contributed by atoms with Crippen molar-refractivity contribution in [3.05, 3.63) is 23.5 Å². The van der Waals surface area contributed by atoms with Gasteiger partial charge in [-0.1, -0.05) is 0 Å². The summed E-state index contributed by atoms with van der Waals surface area (Å²) < 4.78 is 17.0. The molecule has 6 heteroatoms. The number of pyridine rings is 1. The number of hydrogen-bond donors (Lipinski definition) is 0. The first kappa shape index (κ1) is 15.0. The number of nitrogens with zero attached hydrogens (tertiary/aromatic N) is 2. The van der Waals surface area contributed by atoms with Crippen molar-refractivity contribution >= 4 is 12.6 Å². The van der Waals surface area contributed by atoms with E-state index < -0.39 is 18.3 Å². The minimum absolute atomic E-state index is 0.387. The molecule has 0 bridgehead atoms. The number of methoxy groups -OCH3 is 1. The second-order valence-electron chi connectivity index (χ2n) is 5.90. The van der Waals surface area contributed by atoms with Gasteiger partial charge in [-0.2, -0.15) is 5.26 Å². The summed E-state index contributed by atoms with van der Waals surface area (Å²) >= 11 is 0. The van der Waals surface area contributed by atoms with Gasteiger partial charge in [0.15, 0.2) is 0 Å². The molecule has 1 aromatic heterocycles. The van der Waals surface area contributed by atoms with Crippen LogP contribution in [0.4, 0.5) is 0 Å². The van der Waals surface area contributed by atoms with Crippen molar-refractivity contribution in [3.63, 3.8) is 0 Å². The van der Waals surface area contributed by atoms with Gasteiger partial charge in [-0.05, 0) is 33.8 Å². The Morgan fingerprint density at radius 1 is 1.30 bits per heavy atom. The van der Waals surface area contributed by atoms with Gasteiger partial charge in [-0.25, -0.2) is 0 Å². The third-order valence-electron chi connectivity index (χ3n) is 3.91. The Balaban J connectivity index is 2.38. The Labute approximate surface area is 120 Å². The highest BCUT2D eigenvalue weighted by atomic mass is 16.7. The van der Waals surface area contributed by atoms with Crippen LogP contribution in [-0.2, 0) is 20.7 Å². The highest BCUT2D eigenvalue weighted by molar-refractivity contribution is 6.62. The molecule has 0 saturated carbocycles. The SMILES string of the molecule is COCc1cc(B2OC(C)(C)C(C)(C)O2)c(C#N)cn1. The lowest BCUT2D eigenvalue weighted by molar-refractivity contribution is 0.00578. The van der Waals surface area contributed by atoms with E-state index in [0.29, 0.717) is 17.6 Å². The zero-order valence-corrected chi connectivity index (χ0v) is 12.6. The van der Waals surface area contributed by atoms with Gasteiger partial charge in [0.25, 0.3) is 0 Å². The average Bonchev–Trinajstić information content (AvgIpc) is 2.59. The molecule has 0 aliphatic carbocycles. The summed E-state index contributed by atoms with van der Waals surface area (Å²) in [5.41, 5.74) is 1.04. The molecule has 2 rings (SSSR count). The van der Waals surface area contributed by atoms with Gasteiger partial charge >= 0.3 is 7.12 Å². The van der Waals surface area contributed by atoms with Crippen LogP contribution in [0.2, 0.25) is 0 Å². The molecule has 0 unspecified atom stereocenters. The molecule has 2 heterocycles. The molecule has 0 spiro atoms. The fourth-order valence-electron chi connectivity index (χ4n) is 2.00. The summed E-state index contributed by atoms with van der Waals surface area (Å²) in [5.74, 6) is 0. The van der Waals surface area contributed by atoms with Gasteiger partial charge in [0.05, 0.1) is 29.1 Å². The van der Waals surface area contributed by atoms with E-state index in [0.717, 1.165) is 5.69 Å². The van der Waals surface area contributed by atoms with E-state index in [-0.39, 0.29) is 0 Å². The molecule has 5 nitrogen and oxygen atoms in total. The summed E-state index contributed by atoms with van der Waals surface area (Å²) in [6, 6.07) is 3.94. The minimum Gasteiger partial charge on any atom is -0.399 e. The maximum absolute atomic E-state index is 9.23. The first-order valence-electron chi connectivity index (χ1n) is 6.54. The number of hydrogen-bond acceptors (Lipinski definition) is 5. The molecule has 0 N–H and O–H groups in total. The predicted octanol–water partition coefficient (Wildman–Crippen LogP) is 1.40. The zero-order chi connectivity index (χ0) is 15.0. The zero-order valence-electron chi connectivity index (χ0n) is 12.6. The number of ether oxygens (including phenoxy) is 1. The van der Waals surface area contributed by atoms with Gasteiger partial charge in [0.2, 0.25) is 0 Å². The smallest absolute Gasteiger partial charge is 0.399 e. The molecule has 1 aliphatic rings. The van der Waals surface area contributed by atoms with Gasteiger partial charge in [0.1, 0.15) is 6.07 Å². The summed E-state index contributed by atoms with van der Waals surface area (Å²) in [6.45, 7) is 8.32. The molecule has 0 amide bonds. The molecular weight excluding hydrogens is 255 g/mol. The molecule has 0 atom stereocenters. The molecule has 0 radical (unpaired) electrons. The van der Waals surface area contributed by atoms with Crippen molar-refractivity contribution < 1.29 is 14.0 Å². The molecule has 1 aromatic rings. The van der Waals surface area contributed by atoms with Crippen LogP contribution >= 0.6 is 0 Å². The lowest BCUT2D eigenvalue weighted by Crippen LogP contribution is -2.41. The van der Waals surface area contributed by atoms with Crippen LogP contribution in [0, 0.1) is 11.3 Å². The van der Waals surface area contributed by atoms with E-state index in [4.69, 9.17) is 14.0 Å². The largest absolute Gasteiger partial charge is 0.496 e. The molecule has 20 heavy (non-hydrogen) atoms. The second-order valence-corrected chi connectivity index (χ2v) is 5.90. The standard InChI is InChI=1S/C14H19BN2O3/c1-13(2)14(3,4)20-15(19-13)12-6-11(9-18-5)17-8-10(12)7-16/h6,8H,9H2,1-5H3. The van der Waals surface area contributed by atoms with E-state index in [1.165, 1.54) is 6.20 Å². The third kappa shape index (κ3) is 2.57. The van der Waals surface area contributed by atoms with Crippen LogP contribution in [0.15, 0.2) is 12.3 Å². The van der Waals surface area contributed by atoms with E-state index in [1.54, 1.807) is 7.11 Å². The van der Waals surface area contributed by atoms with Gasteiger partial charge < -0.3 is 14.0 Å². The predicted molar refractivity (Wildman–Crippen MR) is 75.4 cm³/mol. The molecule has 1 fully saturated rings. The lowest BCUT2D eigenvalue weighted by atomic mass is 9.76. The van der Waals surface area contributed by atoms with Crippen molar-refractivity contribution in [1.29, 1.82) is 5.26 Å². The summed E-state index contributed by atoms with van der Waals surface area (Å²) in [6.07, 6.45) is 1.54. The van der Waals surface area contributed by atoms with Crippen molar-refractivity contribution in [2.45, 2.75) is 45.5 Å². The molecular formula is C14H19BN2O3. The van der Waals surface area contributed by atoms with Gasteiger partial charge in [-0.3, -0.25) is 4.98 Å². The second kappa shape index (κ2) is 5.17. The van der Waals surface area contributed by atoms with Crippen LogP contribution < -0.4 is 5.46 Å². The Kier molecular flexibility index (Phi) is 3.87. The maximum Gasteiger partial charge on any atom is 0.496 e. The Bertz CT molecular complexity index is 536. The topological polar surface area (TPSA) is 64.4 Å². The van der Waals surface area contributed by atoms with E-state index in [9.17, 15) is 5.26 Å². The quantitative estimate of drug-likeness (QED) is 0.779. The van der Waals surface area contributed by atoms with Gasteiger partial charge in [-0.15, -0.1) is 0 Å². The first-order chi connectivity index (χ1) is 9.30. The van der Waals surface area contributed by atoms with Crippen LogP contribution in [-0.4, -0.2) is 30.4 Å². The minimum atomic E-state index is -0.562. The van der Waals surface area contributed by atoms with E-state index in [1.807, 2.05) is 33.8 Å². The molecule has 0 aromatic carbocycles. The number of aromatic nitrogens is 1. The molecule has 106 valence electrons. The molecule has 1 saturated heterocycles. The van der Waals surface area contributed by atoms with Crippen molar-refractivity contribution in [3.8, 4) is 6.07 Å². The Morgan fingerprint density at radius 3 is 2.40 bits per heavy atom. The first-order valence-corrected chi connectivity index (χ1v) is 6.54. The van der Waals surface area contributed by atoms with Gasteiger partial charge in [0, 0.05) is 18.8 Å². The molecule has 1 aliphatic heterocycles. The highest BCUT2D eigenvalue weighted by Crippen LogP contribution is 2.36. The lowest BCUT2D eigenvalue weighted by Gasteiger charge is -2.32. The van der Waals surface area contributed by atoms with Crippen LogP contribution in [0.3, 0.4) is 0 Å². The highest BCUT2D eigenvalue weighted by Gasteiger charge is 2.52. The van der Waals surface area contributed by atoms with Crippen LogP contribution in [0.5, 0.6) is 0 Å². The number of rotatable bonds is 3. The maximum atomic E-state index is 9.23. The summed E-state index contributed by atoms with van der Waals surface area (Å²) in [5, 5.41) is 9.23. The average molecular weight is 274 g/mol. The Hall–Kier alpha value is -1.42. The normalized spacial score (nSPS) is 19.9. The fraction of sp³-hybridized carbons (Fsp3) is 0.571. The third-order valence-corrected chi connectivity index (χ3v) is 3.91. The van der Waals surface area contributed by atoms with Crippen molar-refractivity contribution in [2.75, 3.05) is 7.11 Å². The summed E-state index contributed by atoms with van der Waals surface area (Å²) in [7, 11) is 1.04. The monoisotopic (exact) mass is 274 g/mol. The van der Waals surface area contributed by atoms with Crippen LogP contribution in [0.1, 0.15) is 39.0 Å². The Morgan fingerprint density at radius 2 is 1.90 bits per heavy atom. The van der Waals surface area contributed by atoms with Crippen LogP contribution in [0.25, 0.3) is 0 Å². The van der Waals surface area contributed by atoms with Crippen molar-refractivity contribution in [2.24, 2.45) is 0 Å². The fourth-order valence-corrected chi connectivity index (χ4v) is 2.00. The van der Waals surface area contributed by atoms with Crippen molar-refractivity contribution in [1.82, 2.24) is 4.98 Å². The number of nitriles is 1.